The zero-order chi connectivity index (χ0) is 15.4. The summed E-state index contributed by atoms with van der Waals surface area (Å²) in [6.07, 6.45) is 3.57. The third-order valence-electron chi connectivity index (χ3n) is 3.58. The quantitative estimate of drug-likeness (QED) is 0.811. The van der Waals surface area contributed by atoms with Crippen molar-refractivity contribution in [3.63, 3.8) is 0 Å². The molecule has 2 heterocycles. The topological polar surface area (TPSA) is 83.3 Å². The van der Waals surface area contributed by atoms with Gasteiger partial charge in [0, 0.05) is 25.3 Å². The molecule has 0 radical (unpaired) electrons. The maximum Gasteiger partial charge on any atom is 0.335 e. The number of carbonyl (C=O) groups is 1. The summed E-state index contributed by atoms with van der Waals surface area (Å²) < 4.78 is 0. The Labute approximate surface area is 133 Å². The van der Waals surface area contributed by atoms with Crippen LogP contribution >= 0.6 is 11.3 Å². The summed E-state index contributed by atoms with van der Waals surface area (Å²) in [6.45, 7) is 1.56. The first kappa shape index (κ1) is 15.0. The van der Waals surface area contributed by atoms with Gasteiger partial charge in [0.15, 0.2) is 5.13 Å². The standard InChI is InChI=1S/C15H19N5OS/c16-12-6-8-20(9-7-12)19-14(21)18-15-17-10-13(22-15)11-4-2-1-3-5-11/h1-5,10,12H,6-9,16H2,(H2,17,18,19,21). The number of nitrogens with zero attached hydrogens (tertiary/aromatic N) is 2. The molecular weight excluding hydrogens is 298 g/mol. The zero-order valence-electron chi connectivity index (χ0n) is 12.2. The molecule has 7 heteroatoms. The van der Waals surface area contributed by atoms with Crippen molar-refractivity contribution in [2.75, 3.05) is 18.4 Å². The lowest BCUT2D eigenvalue weighted by atomic mass is 10.1. The number of nitrogens with two attached hydrogens (primary N) is 1. The zero-order valence-corrected chi connectivity index (χ0v) is 13.0. The van der Waals surface area contributed by atoms with Crippen molar-refractivity contribution in [3.05, 3.63) is 36.5 Å². The predicted molar refractivity (Wildman–Crippen MR) is 88.5 cm³/mol. The fraction of sp³-hybridized carbons (Fsp3) is 0.333. The van der Waals surface area contributed by atoms with Gasteiger partial charge in [-0.05, 0) is 18.4 Å². The monoisotopic (exact) mass is 317 g/mol. The van der Waals surface area contributed by atoms with Crippen LogP contribution in [-0.4, -0.2) is 35.2 Å². The lowest BCUT2D eigenvalue weighted by Crippen LogP contribution is -2.50. The van der Waals surface area contributed by atoms with E-state index in [0.29, 0.717) is 5.13 Å². The van der Waals surface area contributed by atoms with Crippen LogP contribution in [0.25, 0.3) is 10.4 Å². The largest absolute Gasteiger partial charge is 0.335 e. The lowest BCUT2D eigenvalue weighted by molar-refractivity contribution is 0.153. The van der Waals surface area contributed by atoms with Crippen molar-refractivity contribution in [1.29, 1.82) is 0 Å². The third-order valence-corrected chi connectivity index (χ3v) is 4.55. The molecule has 0 atom stereocenters. The van der Waals surface area contributed by atoms with Gasteiger partial charge in [-0.15, -0.1) is 0 Å². The minimum atomic E-state index is -0.260. The molecule has 6 nitrogen and oxygen atoms in total. The van der Waals surface area contributed by atoms with Crippen LogP contribution in [0.4, 0.5) is 9.93 Å². The van der Waals surface area contributed by atoms with E-state index in [9.17, 15) is 4.79 Å². The summed E-state index contributed by atoms with van der Waals surface area (Å²) >= 11 is 1.46. The average molecular weight is 317 g/mol. The Bertz CT molecular complexity index is 622. The molecule has 1 aliphatic rings. The van der Waals surface area contributed by atoms with Crippen LogP contribution in [0.15, 0.2) is 36.5 Å². The fourth-order valence-corrected chi connectivity index (χ4v) is 3.16. The highest BCUT2D eigenvalue weighted by Crippen LogP contribution is 2.28. The molecule has 1 aromatic carbocycles. The molecule has 1 aliphatic heterocycles. The van der Waals surface area contributed by atoms with Gasteiger partial charge in [0.2, 0.25) is 0 Å². The number of urea groups is 1. The van der Waals surface area contributed by atoms with Gasteiger partial charge in [-0.2, -0.15) is 0 Å². The predicted octanol–water partition coefficient (Wildman–Crippen LogP) is 2.27. The molecule has 1 saturated heterocycles. The van der Waals surface area contributed by atoms with Crippen LogP contribution in [0.5, 0.6) is 0 Å². The van der Waals surface area contributed by atoms with Crippen molar-refractivity contribution in [2.45, 2.75) is 18.9 Å². The van der Waals surface area contributed by atoms with E-state index >= 15 is 0 Å². The molecule has 0 aliphatic carbocycles. The summed E-state index contributed by atoms with van der Waals surface area (Å²) in [6, 6.07) is 9.97. The van der Waals surface area contributed by atoms with E-state index < -0.39 is 0 Å². The number of benzene rings is 1. The molecule has 0 saturated carbocycles. The van der Waals surface area contributed by atoms with E-state index in [1.54, 1.807) is 6.20 Å². The van der Waals surface area contributed by atoms with Crippen LogP contribution in [0.2, 0.25) is 0 Å². The number of amides is 2. The number of carbonyl (C=O) groups excluding carboxylic acids is 1. The van der Waals surface area contributed by atoms with E-state index in [1.807, 2.05) is 35.3 Å². The highest BCUT2D eigenvalue weighted by molar-refractivity contribution is 7.19. The van der Waals surface area contributed by atoms with Gasteiger partial charge < -0.3 is 5.73 Å². The lowest BCUT2D eigenvalue weighted by Gasteiger charge is -2.29. The van der Waals surface area contributed by atoms with Gasteiger partial charge in [0.1, 0.15) is 0 Å². The molecule has 116 valence electrons. The summed E-state index contributed by atoms with van der Waals surface area (Å²) in [5.41, 5.74) is 9.77. The first-order chi connectivity index (χ1) is 10.7. The summed E-state index contributed by atoms with van der Waals surface area (Å²) in [5, 5.41) is 5.26. The molecule has 1 fully saturated rings. The highest BCUT2D eigenvalue weighted by atomic mass is 32.1. The third kappa shape index (κ3) is 3.82. The van der Waals surface area contributed by atoms with Crippen LogP contribution in [-0.2, 0) is 0 Å². The van der Waals surface area contributed by atoms with Gasteiger partial charge >= 0.3 is 6.03 Å². The SMILES string of the molecule is NC1CCN(NC(=O)Nc2ncc(-c3ccccc3)s2)CC1. The normalized spacial score (nSPS) is 16.4. The second kappa shape index (κ2) is 6.87. The smallest absolute Gasteiger partial charge is 0.328 e. The molecule has 3 rings (SSSR count). The van der Waals surface area contributed by atoms with Gasteiger partial charge in [0.25, 0.3) is 0 Å². The van der Waals surface area contributed by atoms with Crippen LogP contribution in [0.3, 0.4) is 0 Å². The molecule has 0 spiro atoms. The Morgan fingerprint density at radius 2 is 2.00 bits per heavy atom. The first-order valence-electron chi connectivity index (χ1n) is 7.30. The average Bonchev–Trinajstić information content (AvgIpc) is 2.99. The summed E-state index contributed by atoms with van der Waals surface area (Å²) in [5.74, 6) is 0. The molecule has 0 bridgehead atoms. The van der Waals surface area contributed by atoms with Gasteiger partial charge in [-0.25, -0.2) is 14.8 Å². The summed E-state index contributed by atoms with van der Waals surface area (Å²) in [4.78, 5) is 17.3. The Kier molecular flexibility index (Phi) is 4.67. The van der Waals surface area contributed by atoms with Gasteiger partial charge in [0.05, 0.1) is 4.88 Å². The molecule has 0 unspecified atom stereocenters. The number of aromatic nitrogens is 1. The number of hydrogen-bond donors (Lipinski definition) is 3. The molecular formula is C15H19N5OS. The first-order valence-corrected chi connectivity index (χ1v) is 8.12. The van der Waals surface area contributed by atoms with Gasteiger partial charge in [-0.3, -0.25) is 10.7 Å². The highest BCUT2D eigenvalue weighted by Gasteiger charge is 2.18. The van der Waals surface area contributed by atoms with Crippen molar-refractivity contribution in [1.82, 2.24) is 15.4 Å². The van der Waals surface area contributed by atoms with Gasteiger partial charge in [-0.1, -0.05) is 41.7 Å². The van der Waals surface area contributed by atoms with Crippen molar-refractivity contribution >= 4 is 22.5 Å². The number of rotatable bonds is 3. The van der Waals surface area contributed by atoms with E-state index in [-0.39, 0.29) is 12.1 Å². The molecule has 2 aromatic rings. The van der Waals surface area contributed by atoms with Crippen molar-refractivity contribution in [2.24, 2.45) is 5.73 Å². The minimum Gasteiger partial charge on any atom is -0.328 e. The van der Waals surface area contributed by atoms with E-state index in [2.05, 4.69) is 15.7 Å². The Morgan fingerprint density at radius 1 is 1.27 bits per heavy atom. The summed E-state index contributed by atoms with van der Waals surface area (Å²) in [7, 11) is 0. The number of anilines is 1. The maximum atomic E-state index is 12.0. The molecule has 2 amide bonds. The van der Waals surface area contributed by atoms with Crippen LogP contribution in [0.1, 0.15) is 12.8 Å². The molecule has 4 N–H and O–H groups in total. The second-order valence-electron chi connectivity index (χ2n) is 5.29. The number of hydrazine groups is 1. The number of hydrogen-bond acceptors (Lipinski definition) is 5. The van der Waals surface area contributed by atoms with E-state index in [4.69, 9.17) is 5.73 Å². The molecule has 1 aromatic heterocycles. The Hall–Kier alpha value is -1.96. The second-order valence-corrected chi connectivity index (χ2v) is 6.32. The van der Waals surface area contributed by atoms with Crippen LogP contribution in [0, 0.1) is 0 Å². The number of piperidine rings is 1. The number of thiazole rings is 1. The Morgan fingerprint density at radius 3 is 2.73 bits per heavy atom. The van der Waals surface area contributed by atoms with E-state index in [1.165, 1.54) is 11.3 Å². The number of nitrogens with one attached hydrogen (secondary N) is 2. The fourth-order valence-electron chi connectivity index (χ4n) is 2.35. The Balaban J connectivity index is 1.55. The maximum absolute atomic E-state index is 12.0. The van der Waals surface area contributed by atoms with Crippen molar-refractivity contribution in [3.8, 4) is 10.4 Å². The van der Waals surface area contributed by atoms with E-state index in [0.717, 1.165) is 36.4 Å². The van der Waals surface area contributed by atoms with Crippen LogP contribution < -0.4 is 16.5 Å². The minimum absolute atomic E-state index is 0.244. The molecule has 22 heavy (non-hydrogen) atoms. The van der Waals surface area contributed by atoms with Crippen molar-refractivity contribution < 1.29 is 4.79 Å².